The van der Waals surface area contributed by atoms with Crippen LogP contribution in [-0.4, -0.2) is 29.7 Å². The van der Waals surface area contributed by atoms with Gasteiger partial charge in [-0.1, -0.05) is 0 Å². The second kappa shape index (κ2) is 7.21. The molecular weight excluding hydrogens is 112 g/mol. The van der Waals surface area contributed by atoms with Crippen molar-refractivity contribution in [1.82, 2.24) is 0 Å². The third-order valence-corrected chi connectivity index (χ3v) is 0.723. The van der Waals surface area contributed by atoms with E-state index in [9.17, 15) is 5.11 Å². The summed E-state index contributed by atoms with van der Waals surface area (Å²) in [7, 11) is 0. The average molecular weight is 120 g/mol. The molecular formula is C6H8MgO. The van der Waals surface area contributed by atoms with Crippen molar-refractivity contribution >= 4 is 23.1 Å². The van der Waals surface area contributed by atoms with Gasteiger partial charge in [-0.2, -0.15) is 6.58 Å². The summed E-state index contributed by atoms with van der Waals surface area (Å²) in [6.07, 6.45) is 4.21. The number of hydrogen-bond acceptors (Lipinski definition) is 1. The van der Waals surface area contributed by atoms with Gasteiger partial charge in [-0.05, 0) is 0 Å². The van der Waals surface area contributed by atoms with E-state index in [4.69, 9.17) is 0 Å². The molecule has 0 amide bonds. The molecule has 0 atom stereocenters. The van der Waals surface area contributed by atoms with E-state index < -0.39 is 0 Å². The van der Waals surface area contributed by atoms with Crippen molar-refractivity contribution in [3.8, 4) is 0 Å². The van der Waals surface area contributed by atoms with Gasteiger partial charge in [-0.15, -0.1) is 13.5 Å². The first-order valence-corrected chi connectivity index (χ1v) is 2.09. The van der Waals surface area contributed by atoms with Crippen molar-refractivity contribution < 1.29 is 5.11 Å². The molecule has 0 N–H and O–H groups in total. The third kappa shape index (κ3) is 4.37. The fraction of sp³-hybridized carbons (Fsp3) is 0.333. The normalized spacial score (nSPS) is 10.0. The monoisotopic (exact) mass is 120 g/mol. The van der Waals surface area contributed by atoms with E-state index in [-0.39, 0.29) is 29.7 Å². The Bertz CT molecular complexity index is 86.5. The van der Waals surface area contributed by atoms with Crippen LogP contribution in [-0.2, 0) is 0 Å². The SMILES string of the molecule is C=CC(=[C-]C)C[O-].[Mg+2]. The van der Waals surface area contributed by atoms with Gasteiger partial charge in [0.05, 0.1) is 0 Å². The molecule has 0 saturated heterocycles. The Morgan fingerprint density at radius 3 is 2.38 bits per heavy atom. The Balaban J connectivity index is 0. The Labute approximate surface area is 66.2 Å². The second-order valence-electron chi connectivity index (χ2n) is 1.12. The van der Waals surface area contributed by atoms with Crippen LogP contribution in [0.4, 0.5) is 0 Å². The molecule has 1 nitrogen and oxygen atoms in total. The summed E-state index contributed by atoms with van der Waals surface area (Å²) in [5.41, 5.74) is 0.639. The van der Waals surface area contributed by atoms with E-state index in [1.54, 1.807) is 6.92 Å². The molecule has 0 aromatic carbocycles. The van der Waals surface area contributed by atoms with Crippen molar-refractivity contribution in [1.29, 1.82) is 0 Å². The molecule has 0 spiro atoms. The molecule has 8 heavy (non-hydrogen) atoms. The zero-order chi connectivity index (χ0) is 5.70. The molecule has 40 valence electrons. The first-order chi connectivity index (χ1) is 3.35. The predicted molar refractivity (Wildman–Crippen MR) is 33.2 cm³/mol. The smallest absolute Gasteiger partial charge is 0.853 e. The van der Waals surface area contributed by atoms with Gasteiger partial charge in [-0.25, -0.2) is 11.6 Å². The summed E-state index contributed by atoms with van der Waals surface area (Å²) >= 11 is 0. The van der Waals surface area contributed by atoms with Crippen molar-refractivity contribution in [2.24, 2.45) is 0 Å². The maximum atomic E-state index is 9.92. The van der Waals surface area contributed by atoms with Gasteiger partial charge in [0.1, 0.15) is 0 Å². The van der Waals surface area contributed by atoms with Crippen LogP contribution in [0.1, 0.15) is 6.92 Å². The second-order valence-corrected chi connectivity index (χ2v) is 1.12. The molecule has 0 unspecified atom stereocenters. The fourth-order valence-corrected chi connectivity index (χ4v) is 0.233. The van der Waals surface area contributed by atoms with Gasteiger partial charge in [-0.3, -0.25) is 6.08 Å². The number of rotatable bonds is 2. The summed E-state index contributed by atoms with van der Waals surface area (Å²) in [5, 5.41) is 9.92. The predicted octanol–water partition coefficient (Wildman–Crippen LogP) is -0.0986. The van der Waals surface area contributed by atoms with E-state index in [2.05, 4.69) is 12.7 Å². The van der Waals surface area contributed by atoms with Gasteiger partial charge >= 0.3 is 23.1 Å². The van der Waals surface area contributed by atoms with E-state index in [1.807, 2.05) is 0 Å². The Morgan fingerprint density at radius 1 is 1.88 bits per heavy atom. The van der Waals surface area contributed by atoms with Crippen LogP contribution >= 0.6 is 0 Å². The first-order valence-electron chi connectivity index (χ1n) is 2.09. The molecule has 0 radical (unpaired) electrons. The maximum absolute atomic E-state index is 9.92. The minimum Gasteiger partial charge on any atom is -0.853 e. The van der Waals surface area contributed by atoms with E-state index in [0.717, 1.165) is 0 Å². The van der Waals surface area contributed by atoms with Crippen LogP contribution in [0.25, 0.3) is 0 Å². The summed E-state index contributed by atoms with van der Waals surface area (Å²) in [6.45, 7) is 4.90. The van der Waals surface area contributed by atoms with Gasteiger partial charge in [0.2, 0.25) is 0 Å². The molecule has 0 fully saturated rings. The fourth-order valence-electron chi connectivity index (χ4n) is 0.233. The topological polar surface area (TPSA) is 23.1 Å². The number of allylic oxidation sites excluding steroid dienone is 1. The summed E-state index contributed by atoms with van der Waals surface area (Å²) in [5.74, 6) is 0. The minimum atomic E-state index is -0.208. The standard InChI is InChI=1S/C6H8O.Mg/c1-3-6(4-2)5-7;/h3H,1,5H2,2H3;/q-2;+2. The zero-order valence-electron chi connectivity index (χ0n) is 5.11. The largest absolute Gasteiger partial charge is 2.00 e. The number of hydrogen-bond donors (Lipinski definition) is 0. The summed E-state index contributed by atoms with van der Waals surface area (Å²) < 4.78 is 0. The van der Waals surface area contributed by atoms with Crippen molar-refractivity contribution in [3.05, 3.63) is 24.3 Å². The third-order valence-electron chi connectivity index (χ3n) is 0.723. The minimum absolute atomic E-state index is 0. The van der Waals surface area contributed by atoms with Gasteiger partial charge in [0, 0.05) is 0 Å². The molecule has 2 heteroatoms. The average Bonchev–Trinajstić information content (AvgIpc) is 1.72. The van der Waals surface area contributed by atoms with Crippen LogP contribution < -0.4 is 5.11 Å². The van der Waals surface area contributed by atoms with Crippen LogP contribution in [0, 0.1) is 6.08 Å². The summed E-state index contributed by atoms with van der Waals surface area (Å²) in [6, 6.07) is 0. The summed E-state index contributed by atoms with van der Waals surface area (Å²) in [4.78, 5) is 0. The Kier molecular flexibility index (Phi) is 9.97. The first kappa shape index (κ1) is 11.1. The maximum Gasteiger partial charge on any atom is 2.00 e. The van der Waals surface area contributed by atoms with Crippen LogP contribution in [0.2, 0.25) is 0 Å². The molecule has 0 rings (SSSR count). The molecule has 0 saturated carbocycles. The molecule has 0 aliphatic heterocycles. The molecule has 0 aliphatic carbocycles. The van der Waals surface area contributed by atoms with Gasteiger partial charge < -0.3 is 5.11 Å². The Hall–Kier alpha value is 0.206. The zero-order valence-corrected chi connectivity index (χ0v) is 6.52. The van der Waals surface area contributed by atoms with Gasteiger partial charge in [0.15, 0.2) is 0 Å². The van der Waals surface area contributed by atoms with Crippen LogP contribution in [0.15, 0.2) is 18.2 Å². The molecule has 0 heterocycles. The Morgan fingerprint density at radius 2 is 2.38 bits per heavy atom. The molecule has 0 aromatic rings. The van der Waals surface area contributed by atoms with Crippen molar-refractivity contribution in [2.45, 2.75) is 6.92 Å². The molecule has 0 bridgehead atoms. The van der Waals surface area contributed by atoms with E-state index in [0.29, 0.717) is 5.57 Å². The van der Waals surface area contributed by atoms with Gasteiger partial charge in [0.25, 0.3) is 0 Å². The quantitative estimate of drug-likeness (QED) is 0.284. The molecule has 0 aliphatic rings. The molecule has 0 aromatic heterocycles. The van der Waals surface area contributed by atoms with Crippen molar-refractivity contribution in [3.63, 3.8) is 0 Å². The van der Waals surface area contributed by atoms with E-state index >= 15 is 0 Å². The van der Waals surface area contributed by atoms with Crippen molar-refractivity contribution in [2.75, 3.05) is 6.61 Å². The van der Waals surface area contributed by atoms with E-state index in [1.165, 1.54) is 6.08 Å². The van der Waals surface area contributed by atoms with Crippen LogP contribution in [0.3, 0.4) is 0 Å². The van der Waals surface area contributed by atoms with Crippen LogP contribution in [0.5, 0.6) is 0 Å².